The second-order valence-corrected chi connectivity index (χ2v) is 35.8. The number of hydrogen-bond donors (Lipinski definition) is 26. The highest BCUT2D eigenvalue weighted by molar-refractivity contribution is 6.28. The number of likely N-dealkylation sites (N-methyl/N-ethyl adjacent to an activating group) is 4. The summed E-state index contributed by atoms with van der Waals surface area (Å²) >= 11 is 0. The van der Waals surface area contributed by atoms with Gasteiger partial charge in [0.15, 0.2) is 45.5 Å². The van der Waals surface area contributed by atoms with E-state index in [0.29, 0.717) is 22.3 Å². The maximum atomic E-state index is 13.7. The monoisotopic (exact) mass is 2050 g/mol. The van der Waals surface area contributed by atoms with Crippen LogP contribution in [-0.4, -0.2) is 353 Å². The van der Waals surface area contributed by atoms with Gasteiger partial charge < -0.3 is 146 Å². The zero-order chi connectivity index (χ0) is 101. The lowest BCUT2D eigenvalue weighted by Crippen LogP contribution is -2.70. The minimum Gasteiger partial charge on any atom is -0.508 e. The number of rotatable bonds is 8. The summed E-state index contributed by atoms with van der Waals surface area (Å²) < 4.78 is 0. The molecule has 4 aromatic rings. The fourth-order valence-electron chi connectivity index (χ4n) is 22.3. The van der Waals surface area contributed by atoms with Crippen molar-refractivity contribution in [1.82, 2.24) is 19.6 Å². The molecule has 0 heterocycles. The summed E-state index contributed by atoms with van der Waals surface area (Å²) in [6.07, 6.45) is -6.36. The van der Waals surface area contributed by atoms with Gasteiger partial charge in [-0.2, -0.15) is 0 Å². The van der Waals surface area contributed by atoms with Crippen LogP contribution in [0, 0.1) is 47.3 Å². The molecule has 0 spiro atoms. The molecule has 0 bridgehead atoms. The third kappa shape index (κ3) is 17.1. The molecule has 4 amide bonds. The minimum absolute atomic E-state index is 0. The van der Waals surface area contributed by atoms with E-state index in [0.717, 1.165) is 0 Å². The molecule has 34 N–H and O–H groups in total. The first kappa shape index (κ1) is 119. The molecule has 0 radical (unpaired) electrons. The Labute approximate surface area is 822 Å². The van der Waals surface area contributed by atoms with Crippen LogP contribution in [0.4, 0.5) is 0 Å². The molecule has 140 heavy (non-hydrogen) atoms. The molecule has 768 valence electrons. The van der Waals surface area contributed by atoms with E-state index in [1.807, 2.05) is 0 Å². The highest BCUT2D eigenvalue weighted by atomic mass is 35.5. The normalized spacial score (nSPS) is 31.7. The second kappa shape index (κ2) is 42.5. The van der Waals surface area contributed by atoms with Crippen LogP contribution in [0.15, 0.2) is 140 Å². The maximum absolute atomic E-state index is 13.7. The van der Waals surface area contributed by atoms with Crippen LogP contribution in [0.2, 0.25) is 0 Å². The van der Waals surface area contributed by atoms with Gasteiger partial charge in [0.25, 0.3) is 23.6 Å². The Morgan fingerprint density at radius 1 is 0.307 bits per heavy atom. The van der Waals surface area contributed by atoms with Crippen LogP contribution in [-0.2, 0) is 57.5 Å². The van der Waals surface area contributed by atoms with Gasteiger partial charge in [0, 0.05) is 59.2 Å². The zero-order valence-electron chi connectivity index (χ0n) is 77.4. The van der Waals surface area contributed by atoms with Crippen LogP contribution in [0.25, 0.3) is 23.0 Å². The first-order valence-corrected chi connectivity index (χ1v) is 42.1. The molecule has 24 atom stereocenters. The van der Waals surface area contributed by atoms with Gasteiger partial charge in [0.1, 0.15) is 91.4 Å². The number of aromatic hydroxyl groups is 4. The van der Waals surface area contributed by atoms with Crippen LogP contribution < -0.4 is 22.9 Å². The number of amides is 4. The molecule has 48 heteroatoms. The van der Waals surface area contributed by atoms with E-state index in [9.17, 15) is 160 Å². The number of phenols is 4. The third-order valence-corrected chi connectivity index (χ3v) is 28.0. The number of fused-ring (bicyclic) bond motifs is 12. The van der Waals surface area contributed by atoms with E-state index in [1.165, 1.54) is 100 Å². The SMILES string of the molecule is CCO.CCO.C[C@H]1c2cccc(O)c2C(O)=C2C(=O)[C@]3(O)C(O)=C(C(N)=O)C(=O)[C@@H](N(C)C)[C@@H]3[C@@H](O)[C@@H]21.C[C@H]1c2cccc(O)c2C(O)=C2C(=O)[C@]3(O)C(O)=C(C(N)=O)C(=O)[C@@H](N(C)C)[C@@H]3[C@@H](O)[C@@H]21.C[C@H]1c2cccc(O)c2C(O)=C2C(=O)[C@]3(O)C(O)=C(C(N)=O)C(=O)[C@@H](N(C)C)[C@@H]3[C@@H](O)[C@@H]21.C[C@H]1c2cccc(O)c2C(O)=C2C(=O)[C@]3(O)C(O)=C(C(N)=O)C(=O)[C@@H](N(C)C)[C@@H]3[C@@H](O)[C@@H]21.Cl.Cl.Cl.Cl.O.O. The first-order chi connectivity index (χ1) is 62.3. The van der Waals surface area contributed by atoms with Crippen LogP contribution >= 0.6 is 49.6 Å². The lowest BCUT2D eigenvalue weighted by Gasteiger charge is -2.53. The van der Waals surface area contributed by atoms with Crippen LogP contribution in [0.1, 0.15) is 110 Å². The highest BCUT2D eigenvalue weighted by Crippen LogP contribution is 2.62. The number of aliphatic hydroxyl groups is 18. The fraction of sp³-hybridized carbons (Fsp3) is 0.435. The van der Waals surface area contributed by atoms with Crippen LogP contribution in [0.5, 0.6) is 23.0 Å². The quantitative estimate of drug-likeness (QED) is 0.0850. The van der Waals surface area contributed by atoms with E-state index in [1.54, 1.807) is 90.1 Å². The molecule has 0 aromatic heterocycles. The fourth-order valence-corrected chi connectivity index (χ4v) is 22.3. The Kier molecular flexibility index (Phi) is 36.0. The first-order valence-electron chi connectivity index (χ1n) is 42.1. The number of ketones is 8. The lowest BCUT2D eigenvalue weighted by atomic mass is 9.54. The lowest BCUT2D eigenvalue weighted by molar-refractivity contribution is -0.170. The van der Waals surface area contributed by atoms with E-state index in [-0.39, 0.29) is 119 Å². The van der Waals surface area contributed by atoms with Gasteiger partial charge >= 0.3 is 0 Å². The summed E-state index contributed by atoms with van der Waals surface area (Å²) in [4.78, 5) is 160. The van der Waals surface area contributed by atoms with E-state index in [4.69, 9.17) is 33.1 Å². The molecule has 16 rings (SSSR count). The number of halogens is 4. The number of nitrogens with zero attached hydrogens (tertiary/aromatic N) is 4. The Hall–Kier alpha value is -11.8. The average Bonchev–Trinajstić information content (AvgIpc) is 0.700. The second-order valence-electron chi connectivity index (χ2n) is 35.8. The topological polar surface area (TPSA) is 830 Å². The summed E-state index contributed by atoms with van der Waals surface area (Å²) in [5, 5.41) is 235. The predicted octanol–water partition coefficient (Wildman–Crippen LogP) is -1.98. The molecule has 0 unspecified atom stereocenters. The van der Waals surface area contributed by atoms with Crippen molar-refractivity contribution < 1.29 is 181 Å². The maximum Gasteiger partial charge on any atom is 0.255 e. The van der Waals surface area contributed by atoms with Crippen molar-refractivity contribution in [2.75, 3.05) is 69.6 Å². The Morgan fingerprint density at radius 3 is 0.579 bits per heavy atom. The summed E-state index contributed by atoms with van der Waals surface area (Å²) in [6.45, 7) is 10.6. The van der Waals surface area contributed by atoms with E-state index >= 15 is 0 Å². The molecule has 4 fully saturated rings. The molecule has 12 aliphatic carbocycles. The average molecular weight is 2050 g/mol. The van der Waals surface area contributed by atoms with Gasteiger partial charge in [-0.25, -0.2) is 0 Å². The van der Waals surface area contributed by atoms with Gasteiger partial charge in [0.05, 0.1) is 94.5 Å². The number of Topliss-reactive ketones (excluding diaryl/α,β-unsaturated/α-hetero) is 8. The van der Waals surface area contributed by atoms with Crippen molar-refractivity contribution in [3.63, 3.8) is 0 Å². The number of benzene rings is 4. The van der Waals surface area contributed by atoms with Crippen molar-refractivity contribution >= 4 is 143 Å². The molecule has 0 aliphatic heterocycles. The third-order valence-electron chi connectivity index (χ3n) is 28.0. The molecule has 44 nitrogen and oxygen atoms in total. The van der Waals surface area contributed by atoms with Crippen molar-refractivity contribution in [2.24, 2.45) is 70.3 Å². The molecule has 0 saturated heterocycles. The number of phenolic OH excluding ortho intramolecular Hbond substituents is 4. The van der Waals surface area contributed by atoms with Crippen molar-refractivity contribution in [3.05, 3.63) is 185 Å². The van der Waals surface area contributed by atoms with Gasteiger partial charge in [-0.3, -0.25) is 77.1 Å². The Morgan fingerprint density at radius 2 is 0.450 bits per heavy atom. The van der Waals surface area contributed by atoms with Gasteiger partial charge in [0.2, 0.25) is 23.1 Å². The van der Waals surface area contributed by atoms with Gasteiger partial charge in [-0.1, -0.05) is 76.2 Å². The van der Waals surface area contributed by atoms with E-state index < -0.39 is 303 Å². The van der Waals surface area contributed by atoms with Crippen molar-refractivity contribution in [1.29, 1.82) is 0 Å². The summed E-state index contributed by atoms with van der Waals surface area (Å²) in [5.41, 5.74) is 5.87. The predicted molar refractivity (Wildman–Crippen MR) is 503 cm³/mol. The summed E-state index contributed by atoms with van der Waals surface area (Å²) in [7, 11) is 11.7. The molecule has 4 saturated carbocycles. The van der Waals surface area contributed by atoms with Gasteiger partial charge in [-0.05, 0) is 140 Å². The highest BCUT2D eigenvalue weighted by Gasteiger charge is 2.74. The smallest absolute Gasteiger partial charge is 0.255 e. The number of carbonyl (C=O) groups is 12. The van der Waals surface area contributed by atoms with Crippen LogP contribution in [0.3, 0.4) is 0 Å². The van der Waals surface area contributed by atoms with E-state index in [2.05, 4.69) is 0 Å². The number of nitrogens with two attached hydrogens (primary N) is 4. The standard InChI is InChI=1S/4C22H24N2O8.2C2H6O.4ClH.2H2O/c4*1-7-8-5-4-6-9(25)11(8)16(26)12-10(7)17(27)14-15(24(2)3)18(28)13(21(23)31)20(30)22(14,32)19(12)29;2*1-2-3;;;;;;/h4*4-7,10,14-15,17,25-27,30,32H,1-3H3,(H2,23,31);2*3H,2H2,1H3;4*1H;2*1H2/t4*7-,10+,14+,15-,17-,22-;;;;;;;;/m0000......../s1. The number of aliphatic hydroxyl groups excluding tert-OH is 14. The summed E-state index contributed by atoms with van der Waals surface area (Å²) in [6, 6.07) is 12.5. The largest absolute Gasteiger partial charge is 0.508 e. The zero-order valence-corrected chi connectivity index (χ0v) is 80.6. The summed E-state index contributed by atoms with van der Waals surface area (Å²) in [5.74, 6) is -35.5. The Bertz CT molecular complexity index is 5330. The molecule has 12 aliphatic rings. The van der Waals surface area contributed by atoms with Crippen molar-refractivity contribution in [3.8, 4) is 23.0 Å². The number of carbonyl (C=O) groups excluding carboxylic acids is 12. The molecule has 4 aromatic carbocycles. The number of primary amides is 4. The van der Waals surface area contributed by atoms with Crippen molar-refractivity contribution in [2.45, 2.75) is 136 Å². The minimum atomic E-state index is -2.89. The molecular formula is C92H116Cl4N8O36. The Balaban J connectivity index is 0.000000318. The van der Waals surface area contributed by atoms with Gasteiger partial charge in [-0.15, -0.1) is 49.6 Å². The molecular weight excluding hydrogens is 1930 g/mol. The number of hydrogen-bond acceptors (Lipinski definition) is 38.